The third-order valence-corrected chi connectivity index (χ3v) is 4.21. The first-order valence-corrected chi connectivity index (χ1v) is 7.44. The lowest BCUT2D eigenvalue weighted by Gasteiger charge is -2.31. The Hall–Kier alpha value is -0.120. The van der Waals surface area contributed by atoms with Crippen LogP contribution >= 0.6 is 0 Å². The van der Waals surface area contributed by atoms with E-state index in [2.05, 4.69) is 33.0 Å². The molecule has 1 rings (SSSR count). The van der Waals surface area contributed by atoms with Gasteiger partial charge < -0.3 is 15.8 Å². The predicted octanol–water partition coefficient (Wildman–Crippen LogP) is 2.55. The van der Waals surface area contributed by atoms with Crippen molar-refractivity contribution in [2.75, 3.05) is 26.3 Å². The maximum absolute atomic E-state index is 6.10. The van der Waals surface area contributed by atoms with E-state index in [-0.39, 0.29) is 11.5 Å². The van der Waals surface area contributed by atoms with Crippen LogP contribution in [0.2, 0.25) is 0 Å². The molecule has 108 valence electrons. The van der Waals surface area contributed by atoms with Crippen molar-refractivity contribution >= 4 is 0 Å². The minimum Gasteiger partial charge on any atom is -0.379 e. The second kappa shape index (κ2) is 6.88. The average Bonchev–Trinajstić information content (AvgIpc) is 2.59. The highest BCUT2D eigenvalue weighted by atomic mass is 16.5. The molecule has 1 aliphatic rings. The van der Waals surface area contributed by atoms with Crippen LogP contribution in [0.5, 0.6) is 0 Å². The fourth-order valence-corrected chi connectivity index (χ4v) is 2.54. The zero-order chi connectivity index (χ0) is 13.6. The molecule has 0 saturated carbocycles. The minimum atomic E-state index is 0.111. The Morgan fingerprint density at radius 2 is 2.11 bits per heavy atom. The van der Waals surface area contributed by atoms with E-state index < -0.39 is 0 Å². The van der Waals surface area contributed by atoms with Crippen molar-refractivity contribution in [1.29, 1.82) is 0 Å². The molecular formula is C15H32N2O. The molecule has 3 heteroatoms. The summed E-state index contributed by atoms with van der Waals surface area (Å²) in [5, 5.41) is 3.61. The van der Waals surface area contributed by atoms with Gasteiger partial charge in [0, 0.05) is 24.5 Å². The van der Waals surface area contributed by atoms with Crippen LogP contribution in [0.4, 0.5) is 0 Å². The van der Waals surface area contributed by atoms with Crippen LogP contribution in [0, 0.1) is 10.8 Å². The first-order chi connectivity index (χ1) is 8.40. The lowest BCUT2D eigenvalue weighted by Crippen LogP contribution is -2.47. The standard InChI is InChI=1S/C15H32N2O/c1-5-6-7-8-14(2,3)10-17-11-15(4)12-18-9-13(15)16/h13,17H,5-12,16H2,1-4H3. The fourth-order valence-electron chi connectivity index (χ4n) is 2.54. The molecule has 1 saturated heterocycles. The van der Waals surface area contributed by atoms with E-state index in [1.54, 1.807) is 0 Å². The molecule has 0 radical (unpaired) electrons. The Balaban J connectivity index is 2.23. The van der Waals surface area contributed by atoms with Crippen LogP contribution in [-0.4, -0.2) is 32.3 Å². The van der Waals surface area contributed by atoms with Gasteiger partial charge in [-0.05, 0) is 11.8 Å². The van der Waals surface area contributed by atoms with Gasteiger partial charge in [0.15, 0.2) is 0 Å². The van der Waals surface area contributed by atoms with Gasteiger partial charge in [-0.2, -0.15) is 0 Å². The molecule has 0 aromatic heterocycles. The molecule has 0 bridgehead atoms. The SMILES string of the molecule is CCCCCC(C)(C)CNCC1(C)COCC1N. The second-order valence-corrected chi connectivity index (χ2v) is 7.00. The van der Waals surface area contributed by atoms with E-state index in [1.165, 1.54) is 25.7 Å². The van der Waals surface area contributed by atoms with Gasteiger partial charge in [-0.15, -0.1) is 0 Å². The van der Waals surface area contributed by atoms with E-state index in [1.807, 2.05) is 0 Å². The lowest BCUT2D eigenvalue weighted by atomic mass is 9.84. The monoisotopic (exact) mass is 256 g/mol. The highest BCUT2D eigenvalue weighted by molar-refractivity contribution is 4.92. The topological polar surface area (TPSA) is 47.3 Å². The summed E-state index contributed by atoms with van der Waals surface area (Å²) in [4.78, 5) is 0. The third kappa shape index (κ3) is 4.87. The van der Waals surface area contributed by atoms with Crippen LogP contribution in [0.25, 0.3) is 0 Å². The summed E-state index contributed by atoms with van der Waals surface area (Å²) in [6.07, 6.45) is 5.28. The first kappa shape index (κ1) is 15.9. The van der Waals surface area contributed by atoms with Gasteiger partial charge in [0.25, 0.3) is 0 Å². The van der Waals surface area contributed by atoms with Gasteiger partial charge >= 0.3 is 0 Å². The highest BCUT2D eigenvalue weighted by Gasteiger charge is 2.37. The van der Waals surface area contributed by atoms with Crippen molar-refractivity contribution in [1.82, 2.24) is 5.32 Å². The quantitative estimate of drug-likeness (QED) is 0.656. The molecule has 0 aromatic carbocycles. The maximum atomic E-state index is 6.10. The Morgan fingerprint density at radius 1 is 1.39 bits per heavy atom. The average molecular weight is 256 g/mol. The minimum absolute atomic E-state index is 0.111. The van der Waals surface area contributed by atoms with Crippen LogP contribution in [0.3, 0.4) is 0 Å². The van der Waals surface area contributed by atoms with Crippen molar-refractivity contribution in [2.24, 2.45) is 16.6 Å². The van der Waals surface area contributed by atoms with Crippen molar-refractivity contribution in [2.45, 2.75) is 59.4 Å². The van der Waals surface area contributed by atoms with E-state index in [4.69, 9.17) is 10.5 Å². The van der Waals surface area contributed by atoms with Crippen molar-refractivity contribution < 1.29 is 4.74 Å². The largest absolute Gasteiger partial charge is 0.379 e. The van der Waals surface area contributed by atoms with Gasteiger partial charge in [-0.25, -0.2) is 0 Å². The van der Waals surface area contributed by atoms with Crippen LogP contribution < -0.4 is 11.1 Å². The van der Waals surface area contributed by atoms with Gasteiger partial charge in [-0.3, -0.25) is 0 Å². The lowest BCUT2D eigenvalue weighted by molar-refractivity contribution is 0.155. The molecule has 2 unspecified atom stereocenters. The molecule has 0 spiro atoms. The van der Waals surface area contributed by atoms with Crippen molar-refractivity contribution in [3.8, 4) is 0 Å². The third-order valence-electron chi connectivity index (χ3n) is 4.21. The Bertz CT molecular complexity index is 243. The first-order valence-electron chi connectivity index (χ1n) is 7.44. The number of hydrogen-bond donors (Lipinski definition) is 2. The molecule has 3 N–H and O–H groups in total. The van der Waals surface area contributed by atoms with Gasteiger partial charge in [0.2, 0.25) is 0 Å². The highest BCUT2D eigenvalue weighted by Crippen LogP contribution is 2.27. The molecule has 0 aliphatic carbocycles. The molecule has 18 heavy (non-hydrogen) atoms. The Labute approximate surface area is 113 Å². The molecular weight excluding hydrogens is 224 g/mol. The van der Waals surface area contributed by atoms with Crippen LogP contribution in [-0.2, 0) is 4.74 Å². The zero-order valence-corrected chi connectivity index (χ0v) is 12.7. The summed E-state index contributed by atoms with van der Waals surface area (Å²) >= 11 is 0. The van der Waals surface area contributed by atoms with Gasteiger partial charge in [0.1, 0.15) is 0 Å². The molecule has 2 atom stereocenters. The fraction of sp³-hybridized carbons (Fsp3) is 1.00. The number of hydrogen-bond acceptors (Lipinski definition) is 3. The summed E-state index contributed by atoms with van der Waals surface area (Å²) < 4.78 is 5.47. The van der Waals surface area contributed by atoms with Crippen molar-refractivity contribution in [3.63, 3.8) is 0 Å². The van der Waals surface area contributed by atoms with Gasteiger partial charge in [0.05, 0.1) is 13.2 Å². The summed E-state index contributed by atoms with van der Waals surface area (Å²) in [6.45, 7) is 12.7. The molecule has 1 aliphatic heterocycles. The maximum Gasteiger partial charge on any atom is 0.0624 e. The summed E-state index contributed by atoms with van der Waals surface area (Å²) in [5.74, 6) is 0. The summed E-state index contributed by atoms with van der Waals surface area (Å²) in [7, 11) is 0. The number of ether oxygens (including phenoxy) is 1. The number of rotatable bonds is 8. The zero-order valence-electron chi connectivity index (χ0n) is 12.7. The smallest absolute Gasteiger partial charge is 0.0624 e. The molecule has 1 heterocycles. The van der Waals surface area contributed by atoms with E-state index in [0.717, 1.165) is 19.7 Å². The molecule has 1 fully saturated rings. The Morgan fingerprint density at radius 3 is 2.67 bits per heavy atom. The van der Waals surface area contributed by atoms with Crippen LogP contribution in [0.15, 0.2) is 0 Å². The van der Waals surface area contributed by atoms with E-state index in [9.17, 15) is 0 Å². The van der Waals surface area contributed by atoms with Gasteiger partial charge in [-0.1, -0.05) is 47.0 Å². The Kier molecular flexibility index (Phi) is 6.09. The van der Waals surface area contributed by atoms with Crippen molar-refractivity contribution in [3.05, 3.63) is 0 Å². The predicted molar refractivity (Wildman–Crippen MR) is 77.7 cm³/mol. The molecule has 3 nitrogen and oxygen atoms in total. The summed E-state index contributed by atoms with van der Waals surface area (Å²) in [5.41, 5.74) is 6.59. The number of nitrogens with one attached hydrogen (secondary N) is 1. The molecule has 0 aromatic rings. The molecule has 0 amide bonds. The van der Waals surface area contributed by atoms with E-state index >= 15 is 0 Å². The summed E-state index contributed by atoms with van der Waals surface area (Å²) in [6, 6.07) is 0.174. The number of nitrogens with two attached hydrogens (primary N) is 1. The van der Waals surface area contributed by atoms with E-state index in [0.29, 0.717) is 12.0 Å². The second-order valence-electron chi connectivity index (χ2n) is 7.00. The number of unbranched alkanes of at least 4 members (excludes halogenated alkanes) is 2. The van der Waals surface area contributed by atoms with Crippen LogP contribution in [0.1, 0.15) is 53.4 Å². The normalized spacial score (nSPS) is 28.8.